The molecule has 0 saturated heterocycles. The Morgan fingerprint density at radius 2 is 1.31 bits per heavy atom. The van der Waals surface area contributed by atoms with Crippen molar-refractivity contribution >= 4 is 43.6 Å². The minimum absolute atomic E-state index is 0.0551. The number of aromatic nitrogens is 2. The molecule has 0 fully saturated rings. The average Bonchev–Trinajstić information content (AvgIpc) is 2.63. The molecular formula is C22H15N2O2. The summed E-state index contributed by atoms with van der Waals surface area (Å²) < 4.78 is 0. The molecule has 0 amide bonds. The second-order valence-corrected chi connectivity index (χ2v) is 6.85. The number of fused-ring (bicyclic) bond motifs is 4. The van der Waals surface area contributed by atoms with Gasteiger partial charge in [0.15, 0.2) is 10.9 Å². The molecule has 2 heterocycles. The van der Waals surface area contributed by atoms with Crippen LogP contribution in [0.2, 0.25) is 0 Å². The van der Waals surface area contributed by atoms with E-state index in [9.17, 15) is 9.59 Å². The molecule has 0 unspecified atom stereocenters. The van der Waals surface area contributed by atoms with E-state index in [0.717, 1.165) is 22.2 Å². The third-order valence-electron chi connectivity index (χ3n) is 4.92. The summed E-state index contributed by atoms with van der Waals surface area (Å²) >= 11 is 0. The summed E-state index contributed by atoms with van der Waals surface area (Å²) in [5, 5.41) is 2.26. The van der Waals surface area contributed by atoms with Crippen molar-refractivity contribution < 1.29 is 0 Å². The lowest BCUT2D eigenvalue weighted by Gasteiger charge is -2.07. The quantitative estimate of drug-likeness (QED) is 0.417. The van der Waals surface area contributed by atoms with Crippen LogP contribution in [0.4, 0.5) is 0 Å². The fraction of sp³-hybridized carbons (Fsp3) is 0.0909. The summed E-state index contributed by atoms with van der Waals surface area (Å²) in [7, 11) is 0. The topological polar surface area (TPSA) is 65.7 Å². The summed E-state index contributed by atoms with van der Waals surface area (Å²) in [6, 6.07) is 16.3. The number of aryl methyl sites for hydroxylation is 2. The molecule has 1 radical (unpaired) electrons. The maximum absolute atomic E-state index is 12.9. The van der Waals surface area contributed by atoms with Crippen molar-refractivity contribution in [3.63, 3.8) is 0 Å². The zero-order valence-electron chi connectivity index (χ0n) is 14.4. The van der Waals surface area contributed by atoms with Gasteiger partial charge in [-0.1, -0.05) is 23.3 Å². The number of hydrogen-bond donors (Lipinski definition) is 2. The van der Waals surface area contributed by atoms with E-state index in [1.807, 2.05) is 50.2 Å². The Morgan fingerprint density at radius 3 is 2.00 bits per heavy atom. The molecule has 5 aromatic rings. The van der Waals surface area contributed by atoms with Crippen LogP contribution >= 0.6 is 0 Å². The predicted molar refractivity (Wildman–Crippen MR) is 106 cm³/mol. The van der Waals surface area contributed by atoms with Gasteiger partial charge in [0.2, 0.25) is 0 Å². The highest BCUT2D eigenvalue weighted by molar-refractivity contribution is 6.02. The number of pyridine rings is 2. The zero-order chi connectivity index (χ0) is 18.0. The molecule has 26 heavy (non-hydrogen) atoms. The first-order valence-electron chi connectivity index (χ1n) is 8.46. The van der Waals surface area contributed by atoms with E-state index in [1.165, 1.54) is 0 Å². The first-order chi connectivity index (χ1) is 12.5. The summed E-state index contributed by atoms with van der Waals surface area (Å²) in [5.41, 5.74) is 4.60. The molecule has 0 aliphatic rings. The van der Waals surface area contributed by atoms with Crippen LogP contribution in [0.25, 0.3) is 43.6 Å². The first kappa shape index (κ1) is 14.9. The number of aromatic amines is 2. The fourth-order valence-corrected chi connectivity index (χ4v) is 3.57. The van der Waals surface area contributed by atoms with Gasteiger partial charge in [-0.05, 0) is 44.2 Å². The van der Waals surface area contributed by atoms with Crippen molar-refractivity contribution in [3.05, 3.63) is 80.1 Å². The lowest BCUT2D eigenvalue weighted by molar-refractivity contribution is 1.42. The summed E-state index contributed by atoms with van der Waals surface area (Å²) in [6.07, 6.45) is 0. The lowest BCUT2D eigenvalue weighted by atomic mass is 10.0. The maximum atomic E-state index is 12.9. The van der Waals surface area contributed by atoms with E-state index in [2.05, 4.69) is 16.0 Å². The number of hydrogen-bond acceptors (Lipinski definition) is 2. The van der Waals surface area contributed by atoms with E-state index in [0.29, 0.717) is 32.6 Å². The van der Waals surface area contributed by atoms with Crippen molar-refractivity contribution in [3.8, 4) is 0 Å². The summed E-state index contributed by atoms with van der Waals surface area (Å²) in [5.74, 6) is 0. The monoisotopic (exact) mass is 339 g/mol. The smallest absolute Gasteiger partial charge is 0.197 e. The highest BCUT2D eigenvalue weighted by Crippen LogP contribution is 2.21. The zero-order valence-corrected chi connectivity index (χ0v) is 14.4. The molecular weight excluding hydrogens is 324 g/mol. The minimum Gasteiger partial charge on any atom is -0.354 e. The van der Waals surface area contributed by atoms with E-state index in [4.69, 9.17) is 0 Å². The van der Waals surface area contributed by atoms with Crippen molar-refractivity contribution in [1.29, 1.82) is 0 Å². The van der Waals surface area contributed by atoms with Gasteiger partial charge in [0.25, 0.3) is 0 Å². The van der Waals surface area contributed by atoms with Gasteiger partial charge in [0.1, 0.15) is 0 Å². The second kappa shape index (κ2) is 5.05. The van der Waals surface area contributed by atoms with Crippen LogP contribution in [0.3, 0.4) is 0 Å². The average molecular weight is 339 g/mol. The molecule has 0 saturated carbocycles. The molecule has 4 nitrogen and oxygen atoms in total. The summed E-state index contributed by atoms with van der Waals surface area (Å²) in [6.45, 7) is 3.92. The highest BCUT2D eigenvalue weighted by atomic mass is 16.1. The predicted octanol–water partition coefficient (Wildman–Crippen LogP) is 4.09. The third-order valence-corrected chi connectivity index (χ3v) is 4.92. The van der Waals surface area contributed by atoms with E-state index in [-0.39, 0.29) is 10.9 Å². The van der Waals surface area contributed by atoms with Crippen molar-refractivity contribution in [2.75, 3.05) is 0 Å². The van der Waals surface area contributed by atoms with Gasteiger partial charge in [-0.15, -0.1) is 0 Å². The van der Waals surface area contributed by atoms with Crippen LogP contribution in [0.1, 0.15) is 11.1 Å². The molecule has 125 valence electrons. The van der Waals surface area contributed by atoms with Gasteiger partial charge >= 0.3 is 0 Å². The SMILES string of the molecule is Cc1ccc2[nH]c3cc4c(=O)c5cc(C)ccc5[nH]c4[c]c3c(=O)c2c1. The third kappa shape index (κ3) is 2.02. The highest BCUT2D eigenvalue weighted by Gasteiger charge is 2.11. The van der Waals surface area contributed by atoms with Crippen LogP contribution in [-0.2, 0) is 0 Å². The Hall–Kier alpha value is -3.40. The Balaban J connectivity index is 2.00. The molecule has 4 heteroatoms. The fourth-order valence-electron chi connectivity index (χ4n) is 3.57. The second-order valence-electron chi connectivity index (χ2n) is 6.85. The van der Waals surface area contributed by atoms with Gasteiger partial charge in [-0.3, -0.25) is 9.59 Å². The van der Waals surface area contributed by atoms with Crippen molar-refractivity contribution in [2.24, 2.45) is 0 Å². The van der Waals surface area contributed by atoms with Gasteiger partial charge in [0, 0.05) is 33.3 Å². The molecule has 0 aliphatic heterocycles. The molecule has 0 aliphatic carbocycles. The number of H-pyrrole nitrogens is 2. The standard InChI is InChI=1S/C22H15N2O2/c1-11-3-5-17-13(7-11)21(25)15-9-20-16(10-19(15)23-17)22(26)14-8-12(2)4-6-18(14)24-20/h3-9H,1-2H3,(H,23,25)(H,24,26). The van der Waals surface area contributed by atoms with Crippen LogP contribution in [0.15, 0.2) is 52.1 Å². The van der Waals surface area contributed by atoms with Gasteiger partial charge in [-0.25, -0.2) is 0 Å². The van der Waals surface area contributed by atoms with Gasteiger partial charge in [0.05, 0.1) is 16.4 Å². The molecule has 0 bridgehead atoms. The Labute approximate surface area is 148 Å². The largest absolute Gasteiger partial charge is 0.354 e. The van der Waals surface area contributed by atoms with Gasteiger partial charge in [-0.2, -0.15) is 0 Å². The molecule has 5 rings (SSSR count). The molecule has 3 aromatic carbocycles. The molecule has 2 aromatic heterocycles. The van der Waals surface area contributed by atoms with E-state index >= 15 is 0 Å². The van der Waals surface area contributed by atoms with E-state index < -0.39 is 0 Å². The van der Waals surface area contributed by atoms with Crippen LogP contribution in [-0.4, -0.2) is 9.97 Å². The number of rotatable bonds is 0. The lowest BCUT2D eigenvalue weighted by Crippen LogP contribution is -2.08. The van der Waals surface area contributed by atoms with Crippen LogP contribution in [0, 0.1) is 19.9 Å². The Morgan fingerprint density at radius 1 is 0.692 bits per heavy atom. The first-order valence-corrected chi connectivity index (χ1v) is 8.46. The maximum Gasteiger partial charge on any atom is 0.197 e. The van der Waals surface area contributed by atoms with E-state index in [1.54, 1.807) is 6.07 Å². The van der Waals surface area contributed by atoms with Gasteiger partial charge < -0.3 is 9.97 Å². The number of nitrogens with one attached hydrogen (secondary N) is 2. The Bertz CT molecular complexity index is 1370. The summed E-state index contributed by atoms with van der Waals surface area (Å²) in [4.78, 5) is 32.4. The van der Waals surface area contributed by atoms with Crippen LogP contribution in [0.5, 0.6) is 0 Å². The number of benzene rings is 3. The normalized spacial score (nSPS) is 11.8. The molecule has 0 atom stereocenters. The Kier molecular flexibility index (Phi) is 2.89. The molecule has 0 spiro atoms. The minimum atomic E-state index is -0.0794. The van der Waals surface area contributed by atoms with Crippen molar-refractivity contribution in [2.45, 2.75) is 13.8 Å². The van der Waals surface area contributed by atoms with Crippen molar-refractivity contribution in [1.82, 2.24) is 9.97 Å². The molecule has 2 N–H and O–H groups in total. The van der Waals surface area contributed by atoms with Crippen LogP contribution < -0.4 is 10.9 Å².